The highest BCUT2D eigenvalue weighted by molar-refractivity contribution is 5.81. The summed E-state index contributed by atoms with van der Waals surface area (Å²) in [7, 11) is 0. The summed E-state index contributed by atoms with van der Waals surface area (Å²) in [4.78, 5) is 15.0. The molecule has 1 amide bonds. The highest BCUT2D eigenvalue weighted by Crippen LogP contribution is 2.30. The number of nitrogens with one attached hydrogen (secondary N) is 1. The molecule has 1 aromatic carbocycles. The van der Waals surface area contributed by atoms with Crippen molar-refractivity contribution in [2.75, 3.05) is 6.54 Å². The lowest BCUT2D eigenvalue weighted by atomic mass is 9.78. The maximum atomic E-state index is 12.7. The normalized spacial score (nSPS) is 28.9. The first-order chi connectivity index (χ1) is 11.5. The van der Waals surface area contributed by atoms with Crippen molar-refractivity contribution in [2.24, 2.45) is 11.8 Å². The Morgan fingerprint density at radius 3 is 2.88 bits per heavy atom. The van der Waals surface area contributed by atoms with Crippen molar-refractivity contribution in [1.29, 1.82) is 0 Å². The topological polar surface area (TPSA) is 52.6 Å². The second-order valence-electron chi connectivity index (χ2n) is 7.73. The number of amides is 1. The fourth-order valence-corrected chi connectivity index (χ4v) is 4.15. The van der Waals surface area contributed by atoms with E-state index in [0.29, 0.717) is 23.6 Å². The monoisotopic (exact) mass is 330 g/mol. The van der Waals surface area contributed by atoms with Gasteiger partial charge in [0, 0.05) is 19.1 Å². The predicted octanol–water partition coefficient (Wildman–Crippen LogP) is 3.08. The molecule has 0 spiro atoms. The quantitative estimate of drug-likeness (QED) is 0.895. The Morgan fingerprint density at radius 1 is 1.29 bits per heavy atom. The van der Waals surface area contributed by atoms with Gasteiger partial charge in [0.15, 0.2) is 0 Å². The van der Waals surface area contributed by atoms with E-state index in [0.717, 1.165) is 31.5 Å². The lowest BCUT2D eigenvalue weighted by Crippen LogP contribution is -2.52. The minimum absolute atomic E-state index is 0.134. The van der Waals surface area contributed by atoms with Crippen LogP contribution in [0.4, 0.5) is 0 Å². The van der Waals surface area contributed by atoms with E-state index in [9.17, 15) is 9.90 Å². The van der Waals surface area contributed by atoms with Crippen molar-refractivity contribution in [3.63, 3.8) is 0 Å². The molecule has 0 unspecified atom stereocenters. The summed E-state index contributed by atoms with van der Waals surface area (Å²) >= 11 is 0. The number of fused-ring (bicyclic) bond motifs is 1. The molecule has 1 fully saturated rings. The number of phenolic OH excluding ortho intramolecular Hbond substituents is 1. The van der Waals surface area contributed by atoms with Crippen LogP contribution >= 0.6 is 0 Å². The third kappa shape index (κ3) is 3.59. The van der Waals surface area contributed by atoms with Crippen LogP contribution in [0, 0.1) is 11.8 Å². The van der Waals surface area contributed by atoms with Crippen molar-refractivity contribution < 1.29 is 9.90 Å². The first-order valence-electron chi connectivity index (χ1n) is 9.31. The first-order valence-corrected chi connectivity index (χ1v) is 9.31. The largest absolute Gasteiger partial charge is 0.508 e. The fourth-order valence-electron chi connectivity index (χ4n) is 4.15. The highest BCUT2D eigenvalue weighted by atomic mass is 16.3. The van der Waals surface area contributed by atoms with Crippen LogP contribution in [0.5, 0.6) is 5.75 Å². The number of carbonyl (C=O) groups excluding carboxylic acids is 1. The van der Waals surface area contributed by atoms with Crippen LogP contribution in [-0.2, 0) is 17.8 Å². The van der Waals surface area contributed by atoms with Crippen LogP contribution in [0.3, 0.4) is 0 Å². The summed E-state index contributed by atoms with van der Waals surface area (Å²) in [6.07, 6.45) is 4.52. The van der Waals surface area contributed by atoms with E-state index in [1.54, 1.807) is 6.07 Å². The van der Waals surface area contributed by atoms with Crippen LogP contribution in [0.1, 0.15) is 51.2 Å². The zero-order valence-electron chi connectivity index (χ0n) is 15.1. The molecule has 3 rings (SSSR count). The minimum Gasteiger partial charge on any atom is -0.508 e. The summed E-state index contributed by atoms with van der Waals surface area (Å²) in [5.74, 6) is 1.68. The van der Waals surface area contributed by atoms with Gasteiger partial charge in [0.05, 0.1) is 6.04 Å². The molecule has 4 nitrogen and oxygen atoms in total. The van der Waals surface area contributed by atoms with Crippen molar-refractivity contribution in [3.8, 4) is 5.75 Å². The van der Waals surface area contributed by atoms with Crippen LogP contribution in [-0.4, -0.2) is 34.5 Å². The second-order valence-corrected chi connectivity index (χ2v) is 7.73. The molecule has 0 saturated heterocycles. The van der Waals surface area contributed by atoms with Gasteiger partial charge < -0.3 is 10.4 Å². The molecule has 0 bridgehead atoms. The zero-order chi connectivity index (χ0) is 17.3. The molecule has 0 radical (unpaired) electrons. The van der Waals surface area contributed by atoms with Gasteiger partial charge in [-0.3, -0.25) is 9.69 Å². The van der Waals surface area contributed by atoms with Crippen LogP contribution in [0.15, 0.2) is 18.2 Å². The molecule has 24 heavy (non-hydrogen) atoms. The van der Waals surface area contributed by atoms with Gasteiger partial charge in [-0.2, -0.15) is 0 Å². The Labute approximate surface area is 145 Å². The number of rotatable bonds is 3. The summed E-state index contributed by atoms with van der Waals surface area (Å²) < 4.78 is 0. The molecule has 2 N–H and O–H groups in total. The molecule has 1 aliphatic carbocycles. The molecule has 0 aromatic heterocycles. The van der Waals surface area contributed by atoms with Gasteiger partial charge in [0.25, 0.3) is 0 Å². The molecule has 2 aliphatic rings. The van der Waals surface area contributed by atoms with Gasteiger partial charge in [0.2, 0.25) is 5.91 Å². The minimum atomic E-state index is -0.134. The number of carbonyl (C=O) groups is 1. The molecule has 1 saturated carbocycles. The number of nitrogens with zero attached hydrogens (tertiary/aromatic N) is 1. The van der Waals surface area contributed by atoms with Gasteiger partial charge in [0.1, 0.15) is 5.75 Å². The second kappa shape index (κ2) is 7.14. The number of benzene rings is 1. The van der Waals surface area contributed by atoms with Gasteiger partial charge >= 0.3 is 0 Å². The summed E-state index contributed by atoms with van der Waals surface area (Å²) in [5, 5.41) is 13.0. The maximum absolute atomic E-state index is 12.7. The molecule has 1 aromatic rings. The average molecular weight is 330 g/mol. The Kier molecular flexibility index (Phi) is 5.14. The van der Waals surface area contributed by atoms with Crippen LogP contribution in [0.25, 0.3) is 0 Å². The molecule has 4 heteroatoms. The van der Waals surface area contributed by atoms with Crippen LogP contribution < -0.4 is 5.32 Å². The first kappa shape index (κ1) is 17.3. The Balaban J connectivity index is 1.62. The Morgan fingerprint density at radius 2 is 2.08 bits per heavy atom. The lowest BCUT2D eigenvalue weighted by Gasteiger charge is -2.37. The van der Waals surface area contributed by atoms with Crippen molar-refractivity contribution >= 4 is 5.91 Å². The van der Waals surface area contributed by atoms with E-state index < -0.39 is 0 Å². The summed E-state index contributed by atoms with van der Waals surface area (Å²) in [6, 6.07) is 5.75. The number of hydrogen-bond acceptors (Lipinski definition) is 3. The smallest absolute Gasteiger partial charge is 0.237 e. The molecule has 1 heterocycles. The average Bonchev–Trinajstić information content (AvgIpc) is 2.57. The van der Waals surface area contributed by atoms with Crippen molar-refractivity contribution in [3.05, 3.63) is 29.3 Å². The lowest BCUT2D eigenvalue weighted by molar-refractivity contribution is -0.127. The standard InChI is InChI=1S/C20H30N2O2/c1-13-5-4-6-19(14(13)2)21-20(24)15(3)22-10-9-16-7-8-18(23)11-17(16)12-22/h7-8,11,13-15,19,23H,4-6,9-10,12H2,1-3H3,(H,21,24)/t13-,14-,15+,19+/m1/s1. The summed E-state index contributed by atoms with van der Waals surface area (Å²) in [5.41, 5.74) is 2.42. The van der Waals surface area contributed by atoms with Gasteiger partial charge in [-0.1, -0.05) is 32.8 Å². The Hall–Kier alpha value is -1.55. The number of phenols is 1. The zero-order valence-corrected chi connectivity index (χ0v) is 15.1. The Bertz CT molecular complexity index is 601. The molecular formula is C20H30N2O2. The van der Waals surface area contributed by atoms with Crippen molar-refractivity contribution in [2.45, 2.75) is 65.1 Å². The van der Waals surface area contributed by atoms with E-state index >= 15 is 0 Å². The molecule has 4 atom stereocenters. The van der Waals surface area contributed by atoms with Gasteiger partial charge in [-0.25, -0.2) is 0 Å². The highest BCUT2D eigenvalue weighted by Gasteiger charge is 2.31. The summed E-state index contributed by atoms with van der Waals surface area (Å²) in [6.45, 7) is 8.18. The number of hydrogen-bond donors (Lipinski definition) is 2. The van der Waals surface area contributed by atoms with E-state index in [2.05, 4.69) is 24.1 Å². The SMILES string of the molecule is C[C@@H]1[C@H](C)CCC[C@@H]1NC(=O)[C@H](C)N1CCc2ccc(O)cc2C1. The van der Waals surface area contributed by atoms with E-state index in [1.165, 1.54) is 18.4 Å². The maximum Gasteiger partial charge on any atom is 0.237 e. The number of aromatic hydroxyl groups is 1. The third-order valence-corrected chi connectivity index (χ3v) is 6.19. The van der Waals surface area contributed by atoms with E-state index in [4.69, 9.17) is 0 Å². The molecule has 132 valence electrons. The molecule has 1 aliphatic heterocycles. The van der Waals surface area contributed by atoms with Gasteiger partial charge in [-0.15, -0.1) is 0 Å². The van der Waals surface area contributed by atoms with Crippen molar-refractivity contribution in [1.82, 2.24) is 10.2 Å². The van der Waals surface area contributed by atoms with E-state index in [-0.39, 0.29) is 11.9 Å². The molecular weight excluding hydrogens is 300 g/mol. The third-order valence-electron chi connectivity index (χ3n) is 6.19. The van der Waals surface area contributed by atoms with Crippen LogP contribution in [0.2, 0.25) is 0 Å². The van der Waals surface area contributed by atoms with E-state index in [1.807, 2.05) is 19.1 Å². The predicted molar refractivity (Wildman–Crippen MR) is 95.8 cm³/mol. The fraction of sp³-hybridized carbons (Fsp3) is 0.650. The van der Waals surface area contributed by atoms with Gasteiger partial charge in [-0.05, 0) is 54.9 Å².